The number of hydrogen-bond donors (Lipinski definition) is 0. The van der Waals surface area contributed by atoms with Gasteiger partial charge in [-0.2, -0.15) is 0 Å². The van der Waals surface area contributed by atoms with Gasteiger partial charge in [0.1, 0.15) is 6.04 Å². The third kappa shape index (κ3) is 2.67. The molecule has 1 saturated heterocycles. The Morgan fingerprint density at radius 1 is 1.44 bits per heavy atom. The number of methoxy groups -OCH3 is 1. The zero-order valence-electron chi connectivity index (χ0n) is 10.3. The number of rotatable bonds is 3. The van der Waals surface area contributed by atoms with Crippen LogP contribution < -0.4 is 0 Å². The maximum absolute atomic E-state index is 12.1. The normalized spacial score (nSPS) is 18.7. The Kier molecular flexibility index (Phi) is 3.92. The lowest BCUT2D eigenvalue weighted by atomic mass is 10.1. The highest BCUT2D eigenvalue weighted by Gasteiger charge is 2.34. The first-order valence-corrected chi connectivity index (χ1v) is 5.98. The van der Waals surface area contributed by atoms with Crippen molar-refractivity contribution in [1.29, 1.82) is 0 Å². The van der Waals surface area contributed by atoms with E-state index in [0.717, 1.165) is 12.0 Å². The van der Waals surface area contributed by atoms with E-state index in [0.29, 0.717) is 19.4 Å². The molecule has 2 heterocycles. The standard InChI is InChI=1S/C13H16N2O3/c1-18-13(17)11-3-2-8-15(11)12(16)9-10-4-6-14-7-5-10/h4-7,11H,2-3,8-9H2,1H3. The molecule has 1 atom stereocenters. The van der Waals surface area contributed by atoms with E-state index in [1.54, 1.807) is 29.4 Å². The van der Waals surface area contributed by atoms with Crippen molar-refractivity contribution in [3.63, 3.8) is 0 Å². The molecule has 0 bridgehead atoms. The number of carbonyl (C=O) groups excluding carboxylic acids is 2. The summed E-state index contributed by atoms with van der Waals surface area (Å²) in [5, 5.41) is 0. The number of esters is 1. The minimum atomic E-state index is -0.413. The summed E-state index contributed by atoms with van der Waals surface area (Å²) < 4.78 is 4.72. The summed E-state index contributed by atoms with van der Waals surface area (Å²) in [6, 6.07) is 3.20. The second kappa shape index (κ2) is 5.62. The third-order valence-corrected chi connectivity index (χ3v) is 3.15. The summed E-state index contributed by atoms with van der Waals surface area (Å²) in [7, 11) is 1.35. The lowest BCUT2D eigenvalue weighted by Crippen LogP contribution is -2.41. The van der Waals surface area contributed by atoms with Gasteiger partial charge in [-0.25, -0.2) is 4.79 Å². The Balaban J connectivity index is 2.02. The molecule has 96 valence electrons. The molecule has 1 aromatic heterocycles. The summed E-state index contributed by atoms with van der Waals surface area (Å²) in [4.78, 5) is 29.2. The molecule has 2 rings (SSSR count). The highest BCUT2D eigenvalue weighted by Crippen LogP contribution is 2.19. The van der Waals surface area contributed by atoms with Crippen molar-refractivity contribution >= 4 is 11.9 Å². The molecule has 0 spiro atoms. The van der Waals surface area contributed by atoms with Crippen molar-refractivity contribution in [2.45, 2.75) is 25.3 Å². The molecular weight excluding hydrogens is 232 g/mol. The van der Waals surface area contributed by atoms with Gasteiger partial charge in [-0.05, 0) is 30.5 Å². The van der Waals surface area contributed by atoms with Crippen LogP contribution >= 0.6 is 0 Å². The first kappa shape index (κ1) is 12.5. The molecule has 1 aliphatic rings. The number of carbonyl (C=O) groups is 2. The summed E-state index contributed by atoms with van der Waals surface area (Å²) >= 11 is 0. The number of aromatic nitrogens is 1. The van der Waals surface area contributed by atoms with Gasteiger partial charge in [-0.3, -0.25) is 9.78 Å². The Hall–Kier alpha value is -1.91. The molecule has 1 fully saturated rings. The van der Waals surface area contributed by atoms with E-state index in [2.05, 4.69) is 4.98 Å². The zero-order valence-corrected chi connectivity index (χ0v) is 10.3. The quantitative estimate of drug-likeness (QED) is 0.742. The highest BCUT2D eigenvalue weighted by molar-refractivity contribution is 5.86. The van der Waals surface area contributed by atoms with E-state index in [4.69, 9.17) is 4.74 Å². The summed E-state index contributed by atoms with van der Waals surface area (Å²) in [6.45, 7) is 0.629. The molecule has 0 N–H and O–H groups in total. The van der Waals surface area contributed by atoms with Gasteiger partial charge >= 0.3 is 5.97 Å². The van der Waals surface area contributed by atoms with E-state index >= 15 is 0 Å². The van der Waals surface area contributed by atoms with Gasteiger partial charge in [0, 0.05) is 18.9 Å². The largest absolute Gasteiger partial charge is 0.467 e. The lowest BCUT2D eigenvalue weighted by Gasteiger charge is -2.22. The predicted octanol–water partition coefficient (Wildman–Crippen LogP) is 0.788. The van der Waals surface area contributed by atoms with Gasteiger partial charge in [-0.1, -0.05) is 0 Å². The van der Waals surface area contributed by atoms with Gasteiger partial charge in [0.05, 0.1) is 13.5 Å². The SMILES string of the molecule is COC(=O)C1CCCN1C(=O)Cc1ccncc1. The average Bonchev–Trinajstić information content (AvgIpc) is 2.88. The molecule has 1 amide bonds. The monoisotopic (exact) mass is 248 g/mol. The van der Waals surface area contributed by atoms with Crippen molar-refractivity contribution in [2.75, 3.05) is 13.7 Å². The summed E-state index contributed by atoms with van der Waals surface area (Å²) in [5.74, 6) is -0.357. The minimum Gasteiger partial charge on any atom is -0.467 e. The van der Waals surface area contributed by atoms with Crippen molar-refractivity contribution in [2.24, 2.45) is 0 Å². The fourth-order valence-corrected chi connectivity index (χ4v) is 2.22. The van der Waals surface area contributed by atoms with Crippen LogP contribution in [0, 0.1) is 0 Å². The average molecular weight is 248 g/mol. The maximum atomic E-state index is 12.1. The highest BCUT2D eigenvalue weighted by atomic mass is 16.5. The van der Waals surface area contributed by atoms with E-state index in [1.807, 2.05) is 0 Å². The Morgan fingerprint density at radius 2 is 2.17 bits per heavy atom. The molecule has 18 heavy (non-hydrogen) atoms. The van der Waals surface area contributed by atoms with Crippen LogP contribution in [0.4, 0.5) is 0 Å². The number of amides is 1. The molecule has 0 radical (unpaired) electrons. The number of likely N-dealkylation sites (tertiary alicyclic amines) is 1. The molecule has 1 aliphatic heterocycles. The summed E-state index contributed by atoms with van der Waals surface area (Å²) in [5.41, 5.74) is 0.908. The summed E-state index contributed by atoms with van der Waals surface area (Å²) in [6.07, 6.45) is 5.15. The van der Waals surface area contributed by atoms with Crippen molar-refractivity contribution in [3.05, 3.63) is 30.1 Å². The molecule has 0 aromatic carbocycles. The van der Waals surface area contributed by atoms with Crippen molar-refractivity contribution < 1.29 is 14.3 Å². The third-order valence-electron chi connectivity index (χ3n) is 3.15. The number of nitrogens with zero attached hydrogens (tertiary/aromatic N) is 2. The van der Waals surface area contributed by atoms with E-state index in [1.165, 1.54) is 7.11 Å². The fourth-order valence-electron chi connectivity index (χ4n) is 2.22. The van der Waals surface area contributed by atoms with Gasteiger partial charge < -0.3 is 9.64 Å². The number of pyridine rings is 1. The van der Waals surface area contributed by atoms with E-state index in [-0.39, 0.29) is 11.9 Å². The zero-order chi connectivity index (χ0) is 13.0. The van der Waals surface area contributed by atoms with Gasteiger partial charge in [-0.15, -0.1) is 0 Å². The molecule has 1 aromatic rings. The van der Waals surface area contributed by atoms with Crippen LogP contribution in [0.15, 0.2) is 24.5 Å². The predicted molar refractivity (Wildman–Crippen MR) is 64.7 cm³/mol. The molecule has 5 nitrogen and oxygen atoms in total. The second-order valence-electron chi connectivity index (χ2n) is 4.30. The Labute approximate surface area is 106 Å². The van der Waals surface area contributed by atoms with Crippen LogP contribution in [-0.2, 0) is 20.7 Å². The molecule has 5 heteroatoms. The molecule has 0 saturated carbocycles. The van der Waals surface area contributed by atoms with Crippen LogP contribution in [0.3, 0.4) is 0 Å². The van der Waals surface area contributed by atoms with Crippen LogP contribution in [0.5, 0.6) is 0 Å². The topological polar surface area (TPSA) is 59.5 Å². The first-order chi connectivity index (χ1) is 8.72. The molecule has 1 unspecified atom stereocenters. The van der Waals surface area contributed by atoms with Crippen LogP contribution in [0.25, 0.3) is 0 Å². The number of ether oxygens (including phenoxy) is 1. The second-order valence-corrected chi connectivity index (χ2v) is 4.30. The van der Waals surface area contributed by atoms with Gasteiger partial charge in [0.15, 0.2) is 0 Å². The molecule has 0 aliphatic carbocycles. The van der Waals surface area contributed by atoms with Crippen molar-refractivity contribution in [3.8, 4) is 0 Å². The molecular formula is C13H16N2O3. The maximum Gasteiger partial charge on any atom is 0.328 e. The smallest absolute Gasteiger partial charge is 0.328 e. The van der Waals surface area contributed by atoms with Crippen LogP contribution in [0.1, 0.15) is 18.4 Å². The Morgan fingerprint density at radius 3 is 2.83 bits per heavy atom. The minimum absolute atomic E-state index is 0.0332. The Bertz CT molecular complexity index is 433. The van der Waals surface area contributed by atoms with Crippen LogP contribution in [0.2, 0.25) is 0 Å². The fraction of sp³-hybridized carbons (Fsp3) is 0.462. The number of hydrogen-bond acceptors (Lipinski definition) is 4. The first-order valence-electron chi connectivity index (χ1n) is 5.98. The van der Waals surface area contributed by atoms with Crippen molar-refractivity contribution in [1.82, 2.24) is 9.88 Å². The van der Waals surface area contributed by atoms with Gasteiger partial charge in [0.25, 0.3) is 0 Å². The van der Waals surface area contributed by atoms with Gasteiger partial charge in [0.2, 0.25) is 5.91 Å². The van der Waals surface area contributed by atoms with Crippen LogP contribution in [-0.4, -0.2) is 41.5 Å². The van der Waals surface area contributed by atoms with E-state index < -0.39 is 6.04 Å². The lowest BCUT2D eigenvalue weighted by molar-refractivity contribution is -0.150. The van der Waals surface area contributed by atoms with E-state index in [9.17, 15) is 9.59 Å².